The second-order valence-corrected chi connectivity index (χ2v) is 7.65. The van der Waals surface area contributed by atoms with Gasteiger partial charge in [-0.15, -0.1) is 0 Å². The summed E-state index contributed by atoms with van der Waals surface area (Å²) >= 11 is 0. The number of benzene rings is 1. The molecule has 1 aromatic carbocycles. The highest BCUT2D eigenvalue weighted by Crippen LogP contribution is 2.23. The Bertz CT molecular complexity index is 587. The molecule has 0 amide bonds. The van der Waals surface area contributed by atoms with E-state index >= 15 is 0 Å². The minimum atomic E-state index is -1.14. The summed E-state index contributed by atoms with van der Waals surface area (Å²) in [5, 5.41) is 0. The fourth-order valence-electron chi connectivity index (χ4n) is 1.60. The summed E-state index contributed by atoms with van der Waals surface area (Å²) in [5.41, 5.74) is 0.933. The zero-order chi connectivity index (χ0) is 14.8. The number of aromatic nitrogens is 1. The van der Waals surface area contributed by atoms with Crippen LogP contribution in [-0.2, 0) is 11.0 Å². The molecular formula is C15H20N2O2S. The van der Waals surface area contributed by atoms with Crippen LogP contribution in [0.3, 0.4) is 0 Å². The standard InChI is InChI=1S/C15H20N2O2S/c1-11(17-20(18)15(2,3)4)13-10-16-14(19-13)12-8-6-5-7-9-12/h5-11,17H,1-4H3/t11-,20+/m0/s1. The van der Waals surface area contributed by atoms with Crippen molar-refractivity contribution in [1.82, 2.24) is 9.71 Å². The molecule has 1 aromatic heterocycles. The molecule has 20 heavy (non-hydrogen) atoms. The highest BCUT2D eigenvalue weighted by Gasteiger charge is 2.23. The van der Waals surface area contributed by atoms with Crippen LogP contribution in [-0.4, -0.2) is 13.9 Å². The van der Waals surface area contributed by atoms with Crippen LogP contribution in [0.5, 0.6) is 0 Å². The monoisotopic (exact) mass is 292 g/mol. The topological polar surface area (TPSA) is 55.1 Å². The molecule has 0 aliphatic rings. The maximum Gasteiger partial charge on any atom is 0.226 e. The molecule has 4 nitrogen and oxygen atoms in total. The SMILES string of the molecule is C[C@H](N[S@](=O)C(C)(C)C)c1cnc(-c2ccccc2)o1. The van der Waals surface area contributed by atoms with E-state index in [4.69, 9.17) is 4.42 Å². The van der Waals surface area contributed by atoms with Crippen molar-refractivity contribution in [2.75, 3.05) is 0 Å². The lowest BCUT2D eigenvalue weighted by atomic mass is 10.2. The Labute approximate surface area is 122 Å². The second-order valence-electron chi connectivity index (χ2n) is 5.65. The molecule has 0 saturated carbocycles. The first-order valence-electron chi connectivity index (χ1n) is 6.57. The average Bonchev–Trinajstić information content (AvgIpc) is 2.88. The molecule has 2 atom stereocenters. The predicted molar refractivity (Wildman–Crippen MR) is 81.4 cm³/mol. The van der Waals surface area contributed by atoms with E-state index in [2.05, 4.69) is 9.71 Å². The summed E-state index contributed by atoms with van der Waals surface area (Å²) in [4.78, 5) is 4.27. The molecule has 2 aromatic rings. The predicted octanol–water partition coefficient (Wildman–Crippen LogP) is 3.45. The molecule has 1 N–H and O–H groups in total. The van der Waals surface area contributed by atoms with Gasteiger partial charge in [-0.2, -0.15) is 0 Å². The van der Waals surface area contributed by atoms with Crippen molar-refractivity contribution in [3.05, 3.63) is 42.3 Å². The molecule has 0 spiro atoms. The van der Waals surface area contributed by atoms with Gasteiger partial charge in [-0.05, 0) is 39.8 Å². The zero-order valence-corrected chi connectivity index (χ0v) is 13.0. The van der Waals surface area contributed by atoms with Crippen molar-refractivity contribution in [3.63, 3.8) is 0 Å². The van der Waals surface area contributed by atoms with Gasteiger partial charge in [-0.1, -0.05) is 18.2 Å². The Kier molecular flexibility index (Phi) is 4.40. The Morgan fingerprint density at radius 1 is 1.25 bits per heavy atom. The maximum atomic E-state index is 12.1. The Morgan fingerprint density at radius 3 is 2.50 bits per heavy atom. The van der Waals surface area contributed by atoms with E-state index in [1.807, 2.05) is 58.0 Å². The average molecular weight is 292 g/mol. The van der Waals surface area contributed by atoms with E-state index in [0.29, 0.717) is 11.7 Å². The minimum Gasteiger partial charge on any atom is -0.439 e. The minimum absolute atomic E-state index is 0.153. The molecule has 2 rings (SSSR count). The van der Waals surface area contributed by atoms with Crippen molar-refractivity contribution in [2.45, 2.75) is 38.5 Å². The lowest BCUT2D eigenvalue weighted by molar-refractivity contribution is 0.471. The van der Waals surface area contributed by atoms with Gasteiger partial charge in [0.05, 0.1) is 28.0 Å². The van der Waals surface area contributed by atoms with E-state index in [-0.39, 0.29) is 10.8 Å². The lowest BCUT2D eigenvalue weighted by Gasteiger charge is -2.20. The lowest BCUT2D eigenvalue weighted by Crippen LogP contribution is -2.34. The summed E-state index contributed by atoms with van der Waals surface area (Å²) < 4.78 is 20.5. The molecule has 0 radical (unpaired) electrons. The number of rotatable bonds is 4. The number of oxazole rings is 1. The molecule has 0 unspecified atom stereocenters. The molecule has 1 heterocycles. The summed E-state index contributed by atoms with van der Waals surface area (Å²) in [6.07, 6.45) is 1.68. The number of nitrogens with zero attached hydrogens (tertiary/aromatic N) is 1. The van der Waals surface area contributed by atoms with Crippen molar-refractivity contribution in [1.29, 1.82) is 0 Å². The first-order valence-corrected chi connectivity index (χ1v) is 7.72. The van der Waals surface area contributed by atoms with Crippen LogP contribution in [0.25, 0.3) is 11.5 Å². The van der Waals surface area contributed by atoms with Gasteiger partial charge in [-0.25, -0.2) is 13.9 Å². The van der Waals surface area contributed by atoms with Gasteiger partial charge >= 0.3 is 0 Å². The van der Waals surface area contributed by atoms with E-state index in [1.165, 1.54) is 0 Å². The summed E-state index contributed by atoms with van der Waals surface area (Å²) in [6, 6.07) is 9.57. The Balaban J connectivity index is 2.11. The zero-order valence-electron chi connectivity index (χ0n) is 12.2. The first kappa shape index (κ1) is 14.9. The van der Waals surface area contributed by atoms with E-state index in [0.717, 1.165) is 5.56 Å². The molecule has 0 bridgehead atoms. The second kappa shape index (κ2) is 5.89. The third kappa shape index (κ3) is 3.55. The van der Waals surface area contributed by atoms with E-state index < -0.39 is 11.0 Å². The molecule has 108 valence electrons. The Hall–Kier alpha value is -1.46. The van der Waals surface area contributed by atoms with Crippen molar-refractivity contribution in [3.8, 4) is 11.5 Å². The van der Waals surface area contributed by atoms with Gasteiger partial charge in [-0.3, -0.25) is 0 Å². The first-order chi connectivity index (χ1) is 9.38. The molecule has 5 heteroatoms. The highest BCUT2D eigenvalue weighted by atomic mass is 32.2. The summed E-state index contributed by atoms with van der Waals surface area (Å²) in [6.45, 7) is 7.70. The third-order valence-electron chi connectivity index (χ3n) is 2.81. The molecule has 0 aliphatic heterocycles. The normalized spacial score (nSPS) is 15.0. The van der Waals surface area contributed by atoms with Gasteiger partial charge in [0.25, 0.3) is 0 Å². The Morgan fingerprint density at radius 2 is 1.90 bits per heavy atom. The quantitative estimate of drug-likeness (QED) is 0.939. The van der Waals surface area contributed by atoms with Crippen LogP contribution in [0.1, 0.15) is 39.5 Å². The van der Waals surface area contributed by atoms with Crippen LogP contribution < -0.4 is 4.72 Å². The third-order valence-corrected chi connectivity index (χ3v) is 4.49. The summed E-state index contributed by atoms with van der Waals surface area (Å²) in [5.74, 6) is 1.26. The van der Waals surface area contributed by atoms with Crippen LogP contribution in [0.4, 0.5) is 0 Å². The molecular weight excluding hydrogens is 272 g/mol. The molecule has 0 fully saturated rings. The highest BCUT2D eigenvalue weighted by molar-refractivity contribution is 7.84. The van der Waals surface area contributed by atoms with Crippen LogP contribution in [0.2, 0.25) is 0 Å². The van der Waals surface area contributed by atoms with Crippen LogP contribution >= 0.6 is 0 Å². The molecule has 0 saturated heterocycles. The van der Waals surface area contributed by atoms with Crippen molar-refractivity contribution in [2.24, 2.45) is 0 Å². The van der Waals surface area contributed by atoms with E-state index in [9.17, 15) is 4.21 Å². The number of hydrogen-bond donors (Lipinski definition) is 1. The van der Waals surface area contributed by atoms with Gasteiger partial charge in [0.15, 0.2) is 0 Å². The van der Waals surface area contributed by atoms with Gasteiger partial charge in [0.2, 0.25) is 5.89 Å². The van der Waals surface area contributed by atoms with Crippen molar-refractivity contribution >= 4 is 11.0 Å². The van der Waals surface area contributed by atoms with Crippen LogP contribution in [0, 0.1) is 0 Å². The van der Waals surface area contributed by atoms with Gasteiger partial charge < -0.3 is 4.42 Å². The fraction of sp³-hybridized carbons (Fsp3) is 0.400. The van der Waals surface area contributed by atoms with Crippen molar-refractivity contribution < 1.29 is 8.63 Å². The van der Waals surface area contributed by atoms with Gasteiger partial charge in [0.1, 0.15) is 5.76 Å². The largest absolute Gasteiger partial charge is 0.439 e. The van der Waals surface area contributed by atoms with E-state index in [1.54, 1.807) is 6.20 Å². The van der Waals surface area contributed by atoms with Crippen LogP contribution in [0.15, 0.2) is 40.9 Å². The maximum absolute atomic E-state index is 12.1. The smallest absolute Gasteiger partial charge is 0.226 e. The number of hydrogen-bond acceptors (Lipinski definition) is 3. The van der Waals surface area contributed by atoms with Gasteiger partial charge in [0, 0.05) is 5.56 Å². The summed E-state index contributed by atoms with van der Waals surface area (Å²) in [7, 11) is -1.14. The molecule has 0 aliphatic carbocycles. The fourth-order valence-corrected chi connectivity index (χ4v) is 2.39. The number of nitrogens with one attached hydrogen (secondary N) is 1.